The Labute approximate surface area is 114 Å². The van der Waals surface area contributed by atoms with Crippen LogP contribution in [0.3, 0.4) is 0 Å². The van der Waals surface area contributed by atoms with Crippen LogP contribution in [0.1, 0.15) is 19.0 Å². The first-order valence-corrected chi connectivity index (χ1v) is 6.51. The van der Waals surface area contributed by atoms with E-state index in [1.54, 1.807) is 10.9 Å². The molecule has 0 bridgehead atoms. The summed E-state index contributed by atoms with van der Waals surface area (Å²) >= 11 is 2.20. The fourth-order valence-electron chi connectivity index (χ4n) is 1.62. The lowest BCUT2D eigenvalue weighted by atomic mass is 10.2. The van der Waals surface area contributed by atoms with E-state index in [4.69, 9.17) is 5.73 Å². The average molecular weight is 343 g/mol. The summed E-state index contributed by atoms with van der Waals surface area (Å²) in [5.41, 5.74) is 7.81. The van der Waals surface area contributed by atoms with Crippen LogP contribution in [0.5, 0.6) is 0 Å². The number of halogens is 1. The number of hydrogen-bond donors (Lipinski definition) is 1. The third-order valence-corrected chi connectivity index (χ3v) is 3.66. The third-order valence-electron chi connectivity index (χ3n) is 2.48. The van der Waals surface area contributed by atoms with Crippen molar-refractivity contribution >= 4 is 28.4 Å². The molecule has 0 atom stereocenters. The van der Waals surface area contributed by atoms with Crippen molar-refractivity contribution in [3.05, 3.63) is 21.5 Å². The van der Waals surface area contributed by atoms with E-state index in [-0.39, 0.29) is 0 Å². The van der Waals surface area contributed by atoms with Gasteiger partial charge in [-0.05, 0) is 35.1 Å². The molecular weight excluding hydrogens is 329 g/mol. The van der Waals surface area contributed by atoms with Gasteiger partial charge in [0.1, 0.15) is 11.5 Å². The molecule has 0 aliphatic heterocycles. The van der Waals surface area contributed by atoms with E-state index in [1.165, 1.54) is 0 Å². The zero-order valence-corrected chi connectivity index (χ0v) is 12.0. The van der Waals surface area contributed by atoms with Gasteiger partial charge in [0.15, 0.2) is 5.82 Å². The van der Waals surface area contributed by atoms with Gasteiger partial charge in [0.25, 0.3) is 0 Å². The van der Waals surface area contributed by atoms with Crippen molar-refractivity contribution in [3.8, 4) is 11.5 Å². The van der Waals surface area contributed by atoms with Crippen molar-refractivity contribution in [1.82, 2.24) is 19.7 Å². The molecule has 2 aromatic rings. The van der Waals surface area contributed by atoms with Gasteiger partial charge in [-0.3, -0.25) is 4.68 Å². The van der Waals surface area contributed by atoms with Gasteiger partial charge in [-0.2, -0.15) is 5.10 Å². The molecule has 0 aliphatic carbocycles. The predicted octanol–water partition coefficient (Wildman–Crippen LogP) is 2.02. The van der Waals surface area contributed by atoms with Crippen LogP contribution in [-0.4, -0.2) is 19.7 Å². The molecule has 5 nitrogen and oxygen atoms in total. The molecule has 0 aromatic carbocycles. The molecule has 2 aromatic heterocycles. The Bertz CT molecular complexity index is 535. The van der Waals surface area contributed by atoms with Crippen molar-refractivity contribution in [2.75, 3.05) is 5.73 Å². The number of anilines is 1. The highest BCUT2D eigenvalue weighted by Crippen LogP contribution is 2.22. The summed E-state index contributed by atoms with van der Waals surface area (Å²) in [6, 6.07) is 1.89. The number of hydrogen-bond acceptors (Lipinski definition) is 4. The zero-order valence-electron chi connectivity index (χ0n) is 9.81. The molecule has 0 unspecified atom stereocenters. The zero-order chi connectivity index (χ0) is 12.4. The van der Waals surface area contributed by atoms with Crippen molar-refractivity contribution < 1.29 is 0 Å². The van der Waals surface area contributed by atoms with Crippen LogP contribution in [0.4, 0.5) is 5.82 Å². The Hall–Kier alpha value is -1.18. The molecule has 6 heteroatoms. The first kappa shape index (κ1) is 12.3. The largest absolute Gasteiger partial charge is 0.383 e. The maximum Gasteiger partial charge on any atom is 0.180 e. The Morgan fingerprint density at radius 3 is 2.76 bits per heavy atom. The first-order chi connectivity index (χ1) is 8.13. The number of nitrogens with two attached hydrogens (primary N) is 1. The van der Waals surface area contributed by atoms with Gasteiger partial charge in [-0.1, -0.05) is 13.3 Å². The molecule has 0 saturated carbocycles. The van der Waals surface area contributed by atoms with Gasteiger partial charge in [-0.15, -0.1) is 0 Å². The standard InChI is InChI=1S/C11H14IN5/c1-3-4-7-9(12)10(13)16-11(15-7)8-5-6-14-17(8)2/h5-6H,3-4H2,1-2H3,(H2,13,15,16). The lowest BCUT2D eigenvalue weighted by Crippen LogP contribution is -2.06. The van der Waals surface area contributed by atoms with E-state index in [0.29, 0.717) is 11.6 Å². The summed E-state index contributed by atoms with van der Waals surface area (Å²) in [5, 5.41) is 4.11. The monoisotopic (exact) mass is 343 g/mol. The van der Waals surface area contributed by atoms with Gasteiger partial charge in [0.2, 0.25) is 0 Å². The second-order valence-electron chi connectivity index (χ2n) is 3.78. The van der Waals surface area contributed by atoms with Gasteiger partial charge in [0, 0.05) is 13.2 Å². The van der Waals surface area contributed by atoms with Gasteiger partial charge in [-0.25, -0.2) is 9.97 Å². The summed E-state index contributed by atoms with van der Waals surface area (Å²) in [7, 11) is 1.87. The minimum absolute atomic E-state index is 0.542. The fourth-order valence-corrected chi connectivity index (χ4v) is 2.13. The van der Waals surface area contributed by atoms with Crippen molar-refractivity contribution in [1.29, 1.82) is 0 Å². The SMILES string of the molecule is CCCc1nc(-c2ccnn2C)nc(N)c1I. The Kier molecular flexibility index (Phi) is 3.60. The quantitative estimate of drug-likeness (QED) is 0.866. The Balaban J connectivity index is 2.53. The minimum Gasteiger partial charge on any atom is -0.383 e. The lowest BCUT2D eigenvalue weighted by molar-refractivity contribution is 0.767. The van der Waals surface area contributed by atoms with E-state index in [1.807, 2.05) is 13.1 Å². The number of nitrogens with zero attached hydrogens (tertiary/aromatic N) is 4. The van der Waals surface area contributed by atoms with E-state index in [9.17, 15) is 0 Å². The number of aryl methyl sites for hydroxylation is 2. The minimum atomic E-state index is 0.542. The Morgan fingerprint density at radius 1 is 1.41 bits per heavy atom. The van der Waals surface area contributed by atoms with Crippen LogP contribution in [0.25, 0.3) is 11.5 Å². The average Bonchev–Trinajstić information content (AvgIpc) is 2.71. The highest BCUT2D eigenvalue weighted by molar-refractivity contribution is 14.1. The third kappa shape index (κ3) is 2.41. The predicted molar refractivity (Wildman–Crippen MR) is 75.4 cm³/mol. The van der Waals surface area contributed by atoms with E-state index in [2.05, 4.69) is 44.6 Å². The molecule has 0 fully saturated rings. The summed E-state index contributed by atoms with van der Waals surface area (Å²) in [6.07, 6.45) is 3.68. The van der Waals surface area contributed by atoms with Gasteiger partial charge in [0.05, 0.1) is 9.26 Å². The molecule has 2 heterocycles. The lowest BCUT2D eigenvalue weighted by Gasteiger charge is -2.08. The smallest absolute Gasteiger partial charge is 0.180 e. The summed E-state index contributed by atoms with van der Waals surface area (Å²) in [4.78, 5) is 8.88. The highest BCUT2D eigenvalue weighted by Gasteiger charge is 2.12. The normalized spacial score (nSPS) is 10.8. The topological polar surface area (TPSA) is 69.6 Å². The van der Waals surface area contributed by atoms with Gasteiger partial charge < -0.3 is 5.73 Å². The van der Waals surface area contributed by atoms with Crippen LogP contribution < -0.4 is 5.73 Å². The molecule has 0 radical (unpaired) electrons. The fraction of sp³-hybridized carbons (Fsp3) is 0.364. The Morgan fingerprint density at radius 2 is 2.18 bits per heavy atom. The molecule has 0 saturated heterocycles. The van der Waals surface area contributed by atoms with Crippen LogP contribution in [-0.2, 0) is 13.5 Å². The molecule has 2 rings (SSSR count). The molecule has 0 spiro atoms. The number of aromatic nitrogens is 4. The highest BCUT2D eigenvalue weighted by atomic mass is 127. The van der Waals surface area contributed by atoms with Crippen molar-refractivity contribution in [2.24, 2.45) is 7.05 Å². The second kappa shape index (κ2) is 4.99. The van der Waals surface area contributed by atoms with Gasteiger partial charge >= 0.3 is 0 Å². The van der Waals surface area contributed by atoms with Crippen LogP contribution in [0, 0.1) is 3.57 Å². The molecule has 17 heavy (non-hydrogen) atoms. The molecule has 90 valence electrons. The molecule has 0 amide bonds. The summed E-state index contributed by atoms with van der Waals surface area (Å²) < 4.78 is 2.70. The maximum absolute atomic E-state index is 5.92. The van der Waals surface area contributed by atoms with Crippen LogP contribution >= 0.6 is 22.6 Å². The van der Waals surface area contributed by atoms with E-state index < -0.39 is 0 Å². The van der Waals surface area contributed by atoms with Crippen molar-refractivity contribution in [3.63, 3.8) is 0 Å². The second-order valence-corrected chi connectivity index (χ2v) is 4.86. The van der Waals surface area contributed by atoms with E-state index >= 15 is 0 Å². The summed E-state index contributed by atoms with van der Waals surface area (Å²) in [6.45, 7) is 2.12. The van der Waals surface area contributed by atoms with Crippen molar-refractivity contribution in [2.45, 2.75) is 19.8 Å². The molecule has 0 aliphatic rings. The van der Waals surface area contributed by atoms with E-state index in [0.717, 1.165) is 27.8 Å². The molecule has 2 N–H and O–H groups in total. The van der Waals surface area contributed by atoms with Crippen LogP contribution in [0.15, 0.2) is 12.3 Å². The summed E-state index contributed by atoms with van der Waals surface area (Å²) in [5.74, 6) is 1.19. The van der Waals surface area contributed by atoms with Crippen LogP contribution in [0.2, 0.25) is 0 Å². The molecular formula is C11H14IN5. The first-order valence-electron chi connectivity index (χ1n) is 5.43. The number of nitrogen functional groups attached to an aromatic ring is 1. The maximum atomic E-state index is 5.92. The number of rotatable bonds is 3.